The van der Waals surface area contributed by atoms with E-state index >= 15 is 0 Å². The Morgan fingerprint density at radius 2 is 1.54 bits per heavy atom. The highest BCUT2D eigenvalue weighted by Gasteiger charge is 2.59. The van der Waals surface area contributed by atoms with E-state index in [9.17, 15) is 35.4 Å². The monoisotopic (exact) mass is 786 g/mol. The normalized spacial score (nSPS) is 52.6. The lowest BCUT2D eigenvalue weighted by Gasteiger charge is -2.53. The molecule has 0 unspecified atom stereocenters. The molecule has 20 atom stereocenters. The molecule has 15 heteroatoms. The molecule has 5 aliphatic rings. The Labute approximate surface area is 322 Å². The van der Waals surface area contributed by atoms with E-state index in [0.29, 0.717) is 6.42 Å². The number of carbonyl (C=O) groups is 1. The first-order chi connectivity index (χ1) is 25.1. The van der Waals surface area contributed by atoms with Crippen LogP contribution in [-0.4, -0.2) is 140 Å². The van der Waals surface area contributed by atoms with Gasteiger partial charge in [0.25, 0.3) is 0 Å². The van der Waals surface area contributed by atoms with Crippen molar-refractivity contribution in [1.29, 1.82) is 0 Å². The molecular formula is C39H59ClO14. The van der Waals surface area contributed by atoms with Gasteiger partial charge in [-0.05, 0) is 60.1 Å². The summed E-state index contributed by atoms with van der Waals surface area (Å²) in [6, 6.07) is 0. The molecule has 5 rings (SSSR count). The van der Waals surface area contributed by atoms with Crippen LogP contribution in [0.25, 0.3) is 0 Å². The number of aliphatic hydroxyl groups is 6. The van der Waals surface area contributed by atoms with Gasteiger partial charge in [0.05, 0.1) is 30.5 Å². The van der Waals surface area contributed by atoms with Crippen LogP contribution < -0.4 is 0 Å². The van der Waals surface area contributed by atoms with Gasteiger partial charge in [-0.1, -0.05) is 37.3 Å². The first kappa shape index (κ1) is 43.4. The quantitative estimate of drug-likeness (QED) is 0.0983. The number of hydrogen-bond acceptors (Lipinski definition) is 14. The minimum Gasteiger partial charge on any atom is -0.457 e. The summed E-state index contributed by atoms with van der Waals surface area (Å²) in [5.74, 6) is 1.45. The summed E-state index contributed by atoms with van der Waals surface area (Å²) in [4.78, 5) is 13.7. The molecule has 2 bridgehead atoms. The molecule has 4 heterocycles. The van der Waals surface area contributed by atoms with Crippen LogP contribution in [0.3, 0.4) is 0 Å². The Hall–Kier alpha value is -1.68. The van der Waals surface area contributed by atoms with Crippen molar-refractivity contribution >= 4 is 17.6 Å². The van der Waals surface area contributed by atoms with Gasteiger partial charge in [0.15, 0.2) is 18.4 Å². The second-order valence-corrected chi connectivity index (χ2v) is 17.0. The summed E-state index contributed by atoms with van der Waals surface area (Å²) in [7, 11) is 1.58. The minimum absolute atomic E-state index is 0.0617. The van der Waals surface area contributed by atoms with Crippen molar-refractivity contribution in [2.24, 2.45) is 23.7 Å². The van der Waals surface area contributed by atoms with Crippen LogP contribution in [0.2, 0.25) is 0 Å². The standard InChI is InChI=1S/C39H59ClO14/c1-18-14-25(13-11-10-12-24-16-26(24)40)51-34(44)21(4)39(47)17-28(20(3)29(54-39)19(2)27(15-18)48-9)52-35-32(43)38(8,46)33(23(6)50-35)53-36-31(42)37(7,45)30(41)22(5)49-36/h11,13,15,19-33,35-36,41-43,45-47H,14,16-17H2,1-9H3/b13-11+,18-15+/t19-,20-,21-,22+,23+,24+,25+,26+,27-,28+,29+,30+,31+,32+,33+,35-,36+,37-,38+,39+/m1/s1. The molecular weight excluding hydrogens is 728 g/mol. The van der Waals surface area contributed by atoms with Gasteiger partial charge < -0.3 is 63.8 Å². The molecule has 0 aromatic heterocycles. The Kier molecular flexibility index (Phi) is 13.4. The molecule has 3 saturated heterocycles. The molecule has 14 nitrogen and oxygen atoms in total. The van der Waals surface area contributed by atoms with Gasteiger partial charge in [-0.3, -0.25) is 4.79 Å². The van der Waals surface area contributed by atoms with Crippen LogP contribution >= 0.6 is 11.6 Å². The third-order valence-corrected chi connectivity index (χ3v) is 12.4. The second-order valence-electron chi connectivity index (χ2n) is 16.4. The number of allylic oxidation sites excluding steroid dienone is 1. The molecule has 6 N–H and O–H groups in total. The number of esters is 1. The van der Waals surface area contributed by atoms with E-state index in [1.165, 1.54) is 27.7 Å². The second kappa shape index (κ2) is 16.7. The maximum absolute atomic E-state index is 13.7. The maximum atomic E-state index is 13.7. The highest BCUT2D eigenvalue weighted by molar-refractivity contribution is 6.22. The summed E-state index contributed by atoms with van der Waals surface area (Å²) in [6.45, 7) is 12.9. The number of methoxy groups -OCH3 is 1. The zero-order valence-corrected chi connectivity index (χ0v) is 33.3. The minimum atomic E-state index is -2.08. The van der Waals surface area contributed by atoms with Crippen LogP contribution in [0.1, 0.15) is 74.7 Å². The Balaban J connectivity index is 1.37. The van der Waals surface area contributed by atoms with E-state index in [1.54, 1.807) is 26.2 Å². The van der Waals surface area contributed by atoms with Gasteiger partial charge in [-0.2, -0.15) is 0 Å². The fourth-order valence-electron chi connectivity index (χ4n) is 7.95. The Morgan fingerprint density at radius 1 is 0.926 bits per heavy atom. The Bertz CT molecular complexity index is 1460. The van der Waals surface area contributed by atoms with Crippen molar-refractivity contribution in [2.45, 2.75) is 171 Å². The number of rotatable bonds is 6. The van der Waals surface area contributed by atoms with E-state index in [2.05, 4.69) is 11.8 Å². The molecule has 4 aliphatic heterocycles. The van der Waals surface area contributed by atoms with Gasteiger partial charge in [-0.15, -0.1) is 11.6 Å². The third-order valence-electron chi connectivity index (χ3n) is 11.9. The lowest BCUT2D eigenvalue weighted by molar-refractivity contribution is -0.392. The molecule has 4 fully saturated rings. The molecule has 0 amide bonds. The molecule has 1 aliphatic carbocycles. The van der Waals surface area contributed by atoms with Crippen molar-refractivity contribution in [2.75, 3.05) is 7.11 Å². The van der Waals surface area contributed by atoms with Crippen LogP contribution in [0, 0.1) is 35.5 Å². The van der Waals surface area contributed by atoms with E-state index in [1.807, 2.05) is 26.8 Å². The average Bonchev–Trinajstić information content (AvgIpc) is 3.82. The van der Waals surface area contributed by atoms with Gasteiger partial charge in [-0.25, -0.2) is 0 Å². The molecule has 0 radical (unpaired) electrons. The largest absolute Gasteiger partial charge is 0.457 e. The average molecular weight is 787 g/mol. The summed E-state index contributed by atoms with van der Waals surface area (Å²) < 4.78 is 42.4. The topological polar surface area (TPSA) is 203 Å². The van der Waals surface area contributed by atoms with Gasteiger partial charge in [0, 0.05) is 43.1 Å². The Morgan fingerprint density at radius 3 is 2.17 bits per heavy atom. The number of aliphatic hydroxyl groups excluding tert-OH is 3. The van der Waals surface area contributed by atoms with E-state index in [4.69, 9.17) is 44.8 Å². The fourth-order valence-corrected chi connectivity index (χ4v) is 8.20. The van der Waals surface area contributed by atoms with Gasteiger partial charge >= 0.3 is 5.97 Å². The van der Waals surface area contributed by atoms with Crippen molar-refractivity contribution in [3.63, 3.8) is 0 Å². The number of carbonyl (C=O) groups excluding carboxylic acids is 1. The zero-order chi connectivity index (χ0) is 40.1. The highest BCUT2D eigenvalue weighted by Crippen LogP contribution is 2.44. The number of hydrogen-bond donors (Lipinski definition) is 6. The predicted octanol–water partition coefficient (Wildman–Crippen LogP) is 1.68. The number of alkyl halides is 1. The van der Waals surface area contributed by atoms with Crippen molar-refractivity contribution < 1.29 is 68.6 Å². The summed E-state index contributed by atoms with van der Waals surface area (Å²) in [5.41, 5.74) is -3.14. The molecule has 1 saturated carbocycles. The van der Waals surface area contributed by atoms with Crippen molar-refractivity contribution in [3.8, 4) is 11.8 Å². The first-order valence-corrected chi connectivity index (χ1v) is 19.3. The fraction of sp³-hybridized carbons (Fsp3) is 0.821. The van der Waals surface area contributed by atoms with Crippen molar-refractivity contribution in [3.05, 3.63) is 23.8 Å². The van der Waals surface area contributed by atoms with Crippen LogP contribution in [0.4, 0.5) is 0 Å². The highest BCUT2D eigenvalue weighted by atomic mass is 35.5. The molecule has 0 aromatic carbocycles. The number of fused-ring (bicyclic) bond motifs is 2. The smallest absolute Gasteiger partial charge is 0.314 e. The lowest BCUT2D eigenvalue weighted by Crippen LogP contribution is -2.70. The molecule has 0 spiro atoms. The number of halogens is 1. The third kappa shape index (κ3) is 8.89. The summed E-state index contributed by atoms with van der Waals surface area (Å²) in [5, 5.41) is 67.4. The van der Waals surface area contributed by atoms with Gasteiger partial charge in [0.2, 0.25) is 0 Å². The predicted molar refractivity (Wildman–Crippen MR) is 193 cm³/mol. The summed E-state index contributed by atoms with van der Waals surface area (Å²) in [6.07, 6.45) is -7.41. The number of ether oxygens (including phenoxy) is 7. The first-order valence-electron chi connectivity index (χ1n) is 18.9. The SMILES string of the molecule is CO[C@@H]1/C=C(\C)C[C@H](/C=C/C#C[C@H]2C[C@@H]2Cl)OC(=O)[C@@H](C)[C@]2(O)C[C@H](O[C@H]3O[C@@H](C)[C@H](O[C@@H]4O[C@@H](C)[C@H](O)[C@@](C)(O)[C@H]4O)[C@@](C)(O)[C@H]3O)[C@@H](C)[C@@H](O2)[C@@H]1C. The lowest BCUT2D eigenvalue weighted by atomic mass is 9.77. The van der Waals surface area contributed by atoms with Crippen molar-refractivity contribution in [1.82, 2.24) is 0 Å². The zero-order valence-electron chi connectivity index (χ0n) is 32.5. The molecule has 0 aromatic rings. The number of cyclic esters (lactones) is 1. The van der Waals surface area contributed by atoms with Crippen LogP contribution in [0.15, 0.2) is 23.8 Å². The molecule has 306 valence electrons. The van der Waals surface area contributed by atoms with Crippen LogP contribution in [0.5, 0.6) is 0 Å². The van der Waals surface area contributed by atoms with E-state index < -0.39 is 108 Å². The maximum Gasteiger partial charge on any atom is 0.314 e. The van der Waals surface area contributed by atoms with Crippen LogP contribution in [-0.2, 0) is 38.0 Å². The van der Waals surface area contributed by atoms with Gasteiger partial charge in [0.1, 0.15) is 47.6 Å². The summed E-state index contributed by atoms with van der Waals surface area (Å²) >= 11 is 6.07. The van der Waals surface area contributed by atoms with E-state index in [0.717, 1.165) is 12.0 Å². The van der Waals surface area contributed by atoms with E-state index in [-0.39, 0.29) is 23.6 Å². The molecule has 54 heavy (non-hydrogen) atoms.